The van der Waals surface area contributed by atoms with Crippen molar-refractivity contribution < 1.29 is 4.79 Å². The highest BCUT2D eigenvalue weighted by atomic mass is 79.9. The smallest absolute Gasteiger partial charge is 0.272 e. The van der Waals surface area contributed by atoms with E-state index in [4.69, 9.17) is 0 Å². The van der Waals surface area contributed by atoms with E-state index in [1.165, 1.54) is 0 Å². The molecule has 1 N–H and O–H groups in total. The normalized spacial score (nSPS) is 10.4. The molecule has 0 atom stereocenters. The first-order valence-electron chi connectivity index (χ1n) is 7.76. The number of benzene rings is 1. The van der Waals surface area contributed by atoms with E-state index in [-0.39, 0.29) is 5.91 Å². The van der Waals surface area contributed by atoms with Crippen molar-refractivity contribution in [3.05, 3.63) is 52.3 Å². The lowest BCUT2D eigenvalue weighted by Crippen LogP contribution is -2.28. The van der Waals surface area contributed by atoms with E-state index < -0.39 is 0 Å². The number of nitrogens with one attached hydrogen (secondary N) is 1. The van der Waals surface area contributed by atoms with E-state index in [2.05, 4.69) is 39.2 Å². The van der Waals surface area contributed by atoms with Crippen molar-refractivity contribution >= 4 is 33.2 Å². The van der Waals surface area contributed by atoms with Crippen molar-refractivity contribution in [2.24, 2.45) is 0 Å². The highest BCUT2D eigenvalue weighted by Crippen LogP contribution is 2.23. The first-order valence-corrected chi connectivity index (χ1v) is 8.55. The third-order valence-corrected chi connectivity index (χ3v) is 4.51. The SMILES string of the molecule is CCCCN(C)C(=O)c1cc(Nc2ccc(Br)c(C)c2)ccn1. The Balaban J connectivity index is 2.13. The van der Waals surface area contributed by atoms with Crippen LogP contribution in [-0.2, 0) is 0 Å². The molecule has 0 aliphatic heterocycles. The predicted octanol–water partition coefficient (Wildman–Crippen LogP) is 4.77. The van der Waals surface area contributed by atoms with Gasteiger partial charge in [-0.1, -0.05) is 29.3 Å². The average molecular weight is 376 g/mol. The van der Waals surface area contributed by atoms with Gasteiger partial charge in [0.05, 0.1) is 0 Å². The second-order valence-electron chi connectivity index (χ2n) is 5.60. The van der Waals surface area contributed by atoms with E-state index in [9.17, 15) is 4.79 Å². The summed E-state index contributed by atoms with van der Waals surface area (Å²) in [5, 5.41) is 3.32. The Labute approximate surface area is 146 Å². The Morgan fingerprint density at radius 3 is 2.70 bits per heavy atom. The molecule has 0 unspecified atom stereocenters. The highest BCUT2D eigenvalue weighted by molar-refractivity contribution is 9.10. The second kappa shape index (κ2) is 8.11. The Kier molecular flexibility index (Phi) is 6.16. The Morgan fingerprint density at radius 2 is 2.00 bits per heavy atom. The molecule has 1 aromatic heterocycles. The molecular formula is C18H22BrN3O. The first kappa shape index (κ1) is 17.5. The van der Waals surface area contributed by atoms with E-state index in [0.717, 1.165) is 40.8 Å². The van der Waals surface area contributed by atoms with Crippen LogP contribution in [0.4, 0.5) is 11.4 Å². The minimum atomic E-state index is -0.0471. The number of rotatable bonds is 6. The number of hydrogen-bond acceptors (Lipinski definition) is 3. The molecule has 2 aromatic rings. The van der Waals surface area contributed by atoms with Crippen LogP contribution >= 0.6 is 15.9 Å². The van der Waals surface area contributed by atoms with Gasteiger partial charge in [0.15, 0.2) is 0 Å². The van der Waals surface area contributed by atoms with Gasteiger partial charge < -0.3 is 10.2 Å². The van der Waals surface area contributed by atoms with Gasteiger partial charge in [-0.3, -0.25) is 9.78 Å². The summed E-state index contributed by atoms with van der Waals surface area (Å²) >= 11 is 3.49. The lowest BCUT2D eigenvalue weighted by Gasteiger charge is -2.16. The van der Waals surface area contributed by atoms with Crippen molar-refractivity contribution in [3.8, 4) is 0 Å². The van der Waals surface area contributed by atoms with Crippen LogP contribution in [0.1, 0.15) is 35.8 Å². The Hall–Kier alpha value is -1.88. The van der Waals surface area contributed by atoms with Crippen molar-refractivity contribution in [2.75, 3.05) is 18.9 Å². The average Bonchev–Trinajstić information content (AvgIpc) is 2.55. The number of unbranched alkanes of at least 4 members (excludes halogenated alkanes) is 1. The molecule has 0 radical (unpaired) electrons. The molecule has 122 valence electrons. The number of aromatic nitrogens is 1. The molecule has 0 saturated carbocycles. The molecule has 0 spiro atoms. The number of pyridine rings is 1. The van der Waals surface area contributed by atoms with Crippen LogP contribution in [0.3, 0.4) is 0 Å². The summed E-state index contributed by atoms with van der Waals surface area (Å²) in [6, 6.07) is 9.71. The van der Waals surface area contributed by atoms with E-state index >= 15 is 0 Å². The number of nitrogens with zero attached hydrogens (tertiary/aromatic N) is 2. The van der Waals surface area contributed by atoms with Gasteiger partial charge in [-0.25, -0.2) is 0 Å². The zero-order valence-corrected chi connectivity index (χ0v) is 15.4. The molecule has 0 bridgehead atoms. The molecule has 0 fully saturated rings. The number of hydrogen-bond donors (Lipinski definition) is 1. The largest absolute Gasteiger partial charge is 0.355 e. The van der Waals surface area contributed by atoms with Gasteiger partial charge in [0, 0.05) is 35.6 Å². The number of halogens is 1. The quantitative estimate of drug-likeness (QED) is 0.790. The Bertz CT molecular complexity index is 688. The monoisotopic (exact) mass is 375 g/mol. The number of carbonyl (C=O) groups excluding carboxylic acids is 1. The second-order valence-corrected chi connectivity index (χ2v) is 6.45. The molecule has 1 amide bonds. The fourth-order valence-electron chi connectivity index (χ4n) is 2.21. The molecule has 2 rings (SSSR count). The van der Waals surface area contributed by atoms with Crippen LogP contribution in [0.25, 0.3) is 0 Å². The van der Waals surface area contributed by atoms with Gasteiger partial charge in [-0.2, -0.15) is 0 Å². The molecule has 1 aromatic carbocycles. The molecule has 0 aliphatic rings. The van der Waals surface area contributed by atoms with Gasteiger partial charge in [0.25, 0.3) is 5.91 Å². The number of carbonyl (C=O) groups is 1. The zero-order valence-electron chi connectivity index (χ0n) is 13.8. The third-order valence-electron chi connectivity index (χ3n) is 3.62. The molecule has 5 heteroatoms. The standard InChI is InChI=1S/C18H22BrN3O/c1-4-5-10-22(3)18(23)17-12-15(8-9-20-17)21-14-6-7-16(19)13(2)11-14/h6-9,11-12H,4-5,10H2,1-3H3,(H,20,21). The maximum absolute atomic E-state index is 12.4. The maximum Gasteiger partial charge on any atom is 0.272 e. The fourth-order valence-corrected chi connectivity index (χ4v) is 2.45. The molecule has 0 saturated heterocycles. The maximum atomic E-state index is 12.4. The zero-order chi connectivity index (χ0) is 16.8. The molecule has 0 aliphatic carbocycles. The van der Waals surface area contributed by atoms with Gasteiger partial charge >= 0.3 is 0 Å². The number of aryl methyl sites for hydroxylation is 1. The van der Waals surface area contributed by atoms with Crippen LogP contribution in [-0.4, -0.2) is 29.4 Å². The van der Waals surface area contributed by atoms with Crippen molar-refractivity contribution in [1.29, 1.82) is 0 Å². The lowest BCUT2D eigenvalue weighted by molar-refractivity contribution is 0.0787. The highest BCUT2D eigenvalue weighted by Gasteiger charge is 2.13. The van der Waals surface area contributed by atoms with Gasteiger partial charge in [-0.05, 0) is 49.2 Å². The van der Waals surface area contributed by atoms with Crippen LogP contribution in [0.2, 0.25) is 0 Å². The summed E-state index contributed by atoms with van der Waals surface area (Å²) in [6.07, 6.45) is 3.73. The predicted molar refractivity (Wildman–Crippen MR) is 98.3 cm³/mol. The van der Waals surface area contributed by atoms with Crippen LogP contribution in [0.5, 0.6) is 0 Å². The minimum absolute atomic E-state index is 0.0471. The van der Waals surface area contributed by atoms with E-state index in [1.807, 2.05) is 32.2 Å². The van der Waals surface area contributed by atoms with Gasteiger partial charge in [-0.15, -0.1) is 0 Å². The van der Waals surface area contributed by atoms with Crippen LogP contribution < -0.4 is 5.32 Å². The summed E-state index contributed by atoms with van der Waals surface area (Å²) in [5.41, 5.74) is 3.45. The summed E-state index contributed by atoms with van der Waals surface area (Å²) in [7, 11) is 1.82. The summed E-state index contributed by atoms with van der Waals surface area (Å²) in [5.74, 6) is -0.0471. The van der Waals surface area contributed by atoms with Gasteiger partial charge in [0.1, 0.15) is 5.69 Å². The van der Waals surface area contributed by atoms with Crippen molar-refractivity contribution in [3.63, 3.8) is 0 Å². The minimum Gasteiger partial charge on any atom is -0.355 e. The first-order chi connectivity index (χ1) is 11.0. The van der Waals surface area contributed by atoms with E-state index in [1.54, 1.807) is 17.2 Å². The molecule has 4 nitrogen and oxygen atoms in total. The molecule has 23 heavy (non-hydrogen) atoms. The molecular weight excluding hydrogens is 354 g/mol. The van der Waals surface area contributed by atoms with Crippen molar-refractivity contribution in [1.82, 2.24) is 9.88 Å². The fraction of sp³-hybridized carbons (Fsp3) is 0.333. The summed E-state index contributed by atoms with van der Waals surface area (Å²) in [6.45, 7) is 4.90. The van der Waals surface area contributed by atoms with Crippen LogP contribution in [0.15, 0.2) is 41.0 Å². The number of anilines is 2. The Morgan fingerprint density at radius 1 is 1.26 bits per heavy atom. The summed E-state index contributed by atoms with van der Waals surface area (Å²) < 4.78 is 1.08. The van der Waals surface area contributed by atoms with Gasteiger partial charge in [0.2, 0.25) is 0 Å². The van der Waals surface area contributed by atoms with Crippen molar-refractivity contribution in [2.45, 2.75) is 26.7 Å². The third kappa shape index (κ3) is 4.79. The number of amides is 1. The van der Waals surface area contributed by atoms with E-state index in [0.29, 0.717) is 5.69 Å². The summed E-state index contributed by atoms with van der Waals surface area (Å²) in [4.78, 5) is 18.3. The molecule has 1 heterocycles. The topological polar surface area (TPSA) is 45.2 Å². The van der Waals surface area contributed by atoms with Crippen LogP contribution in [0, 0.1) is 6.92 Å². The lowest BCUT2D eigenvalue weighted by atomic mass is 10.2.